The van der Waals surface area contributed by atoms with Crippen molar-refractivity contribution in [1.29, 1.82) is 0 Å². The Morgan fingerprint density at radius 2 is 2.04 bits per heavy atom. The summed E-state index contributed by atoms with van der Waals surface area (Å²) in [5, 5.41) is 12.4. The minimum Gasteiger partial charge on any atom is -0.478 e. The second-order valence-corrected chi connectivity index (χ2v) is 5.94. The van der Waals surface area contributed by atoms with Crippen LogP contribution in [0.25, 0.3) is 11.3 Å². The van der Waals surface area contributed by atoms with E-state index in [0.717, 1.165) is 5.69 Å². The third-order valence-corrected chi connectivity index (χ3v) is 4.17. The monoisotopic (exact) mass is 359 g/mol. The molecule has 0 atom stereocenters. The minimum absolute atomic E-state index is 0.0367. The number of carbonyl (C=O) groups is 1. The Morgan fingerprint density at radius 1 is 1.24 bits per heavy atom. The van der Waals surface area contributed by atoms with E-state index in [1.165, 1.54) is 12.1 Å². The first-order valence-corrected chi connectivity index (χ1v) is 7.94. The standard InChI is InChI=1S/C19H15ClFNO3/c1-11-14(19(23)24)3-2-4-17(11)22-10-13-6-8-18(25-13)12-5-7-16(21)15(20)9-12/h2-9,22H,10H2,1H3,(H,23,24). The molecule has 0 bridgehead atoms. The van der Waals surface area contributed by atoms with Gasteiger partial charge in [-0.3, -0.25) is 0 Å². The largest absolute Gasteiger partial charge is 0.478 e. The van der Waals surface area contributed by atoms with Crippen LogP contribution >= 0.6 is 11.6 Å². The fourth-order valence-electron chi connectivity index (χ4n) is 2.52. The molecule has 3 rings (SSSR count). The van der Waals surface area contributed by atoms with Gasteiger partial charge in [-0.15, -0.1) is 0 Å². The SMILES string of the molecule is Cc1c(NCc2ccc(-c3ccc(F)c(Cl)c3)o2)cccc1C(=O)O. The van der Waals surface area contributed by atoms with Crippen molar-refractivity contribution in [2.45, 2.75) is 13.5 Å². The zero-order valence-corrected chi connectivity index (χ0v) is 14.1. The zero-order chi connectivity index (χ0) is 18.0. The first-order valence-electron chi connectivity index (χ1n) is 7.56. The molecule has 1 aromatic heterocycles. The first-order chi connectivity index (χ1) is 12.0. The Morgan fingerprint density at radius 3 is 2.76 bits per heavy atom. The van der Waals surface area contributed by atoms with Crippen molar-refractivity contribution in [2.24, 2.45) is 0 Å². The quantitative estimate of drug-likeness (QED) is 0.644. The molecule has 0 saturated heterocycles. The van der Waals surface area contributed by atoms with Gasteiger partial charge in [-0.1, -0.05) is 17.7 Å². The van der Waals surface area contributed by atoms with Gasteiger partial charge in [-0.2, -0.15) is 0 Å². The van der Waals surface area contributed by atoms with E-state index in [2.05, 4.69) is 5.32 Å². The van der Waals surface area contributed by atoms with Crippen LogP contribution in [-0.2, 0) is 6.54 Å². The Labute approximate surface area is 148 Å². The van der Waals surface area contributed by atoms with Gasteiger partial charge in [-0.25, -0.2) is 9.18 Å². The molecule has 2 aromatic carbocycles. The summed E-state index contributed by atoms with van der Waals surface area (Å²) in [6.45, 7) is 2.14. The average Bonchev–Trinajstić information content (AvgIpc) is 3.05. The number of furan rings is 1. The zero-order valence-electron chi connectivity index (χ0n) is 13.3. The summed E-state index contributed by atoms with van der Waals surface area (Å²) in [5.41, 5.74) is 2.32. The van der Waals surface area contributed by atoms with E-state index in [1.807, 2.05) is 6.07 Å². The van der Waals surface area contributed by atoms with Gasteiger partial charge in [0.05, 0.1) is 17.1 Å². The Hall–Kier alpha value is -2.79. The molecule has 3 aromatic rings. The molecule has 0 radical (unpaired) electrons. The normalized spacial score (nSPS) is 10.7. The molecule has 0 aliphatic rings. The highest BCUT2D eigenvalue weighted by Gasteiger charge is 2.11. The molecule has 128 valence electrons. The number of carboxylic acids is 1. The smallest absolute Gasteiger partial charge is 0.336 e. The third-order valence-electron chi connectivity index (χ3n) is 3.88. The van der Waals surface area contributed by atoms with Crippen LogP contribution in [0.3, 0.4) is 0 Å². The van der Waals surface area contributed by atoms with Gasteiger partial charge in [-0.05, 0) is 55.0 Å². The second kappa shape index (κ2) is 6.99. The molecule has 0 amide bonds. The van der Waals surface area contributed by atoms with Gasteiger partial charge in [0.2, 0.25) is 0 Å². The topological polar surface area (TPSA) is 62.5 Å². The number of hydrogen-bond donors (Lipinski definition) is 2. The molecule has 6 heteroatoms. The van der Waals surface area contributed by atoms with E-state index in [4.69, 9.17) is 21.1 Å². The lowest BCUT2D eigenvalue weighted by Gasteiger charge is -2.10. The Bertz CT molecular complexity index is 936. The second-order valence-electron chi connectivity index (χ2n) is 5.53. The van der Waals surface area contributed by atoms with Crippen molar-refractivity contribution < 1.29 is 18.7 Å². The molecule has 0 fully saturated rings. The van der Waals surface area contributed by atoms with E-state index in [1.54, 1.807) is 37.3 Å². The maximum Gasteiger partial charge on any atom is 0.336 e. The van der Waals surface area contributed by atoms with Crippen molar-refractivity contribution in [2.75, 3.05) is 5.32 Å². The molecule has 0 spiro atoms. The number of anilines is 1. The van der Waals surface area contributed by atoms with Crippen LogP contribution in [0, 0.1) is 12.7 Å². The molecule has 1 heterocycles. The van der Waals surface area contributed by atoms with Gasteiger partial charge >= 0.3 is 5.97 Å². The lowest BCUT2D eigenvalue weighted by atomic mass is 10.1. The summed E-state index contributed by atoms with van der Waals surface area (Å²) in [7, 11) is 0. The van der Waals surface area contributed by atoms with Gasteiger partial charge in [0.25, 0.3) is 0 Å². The van der Waals surface area contributed by atoms with E-state index in [9.17, 15) is 9.18 Å². The van der Waals surface area contributed by atoms with Crippen LogP contribution in [0.15, 0.2) is 52.9 Å². The number of nitrogens with one attached hydrogen (secondary N) is 1. The summed E-state index contributed by atoms with van der Waals surface area (Å²) in [6.07, 6.45) is 0. The van der Waals surface area contributed by atoms with Gasteiger partial charge in [0, 0.05) is 11.3 Å². The van der Waals surface area contributed by atoms with Crippen LogP contribution in [0.4, 0.5) is 10.1 Å². The van der Waals surface area contributed by atoms with Crippen molar-refractivity contribution in [3.05, 3.63) is 76.3 Å². The number of benzene rings is 2. The third kappa shape index (κ3) is 3.67. The molecule has 25 heavy (non-hydrogen) atoms. The highest BCUT2D eigenvalue weighted by Crippen LogP contribution is 2.27. The summed E-state index contributed by atoms with van der Waals surface area (Å²) >= 11 is 5.79. The van der Waals surface area contributed by atoms with E-state index >= 15 is 0 Å². The maximum absolute atomic E-state index is 13.2. The number of halogens is 2. The van der Waals surface area contributed by atoms with Gasteiger partial charge in [0.15, 0.2) is 0 Å². The maximum atomic E-state index is 13.2. The van der Waals surface area contributed by atoms with Gasteiger partial charge in [0.1, 0.15) is 17.3 Å². The minimum atomic E-state index is -0.963. The fraction of sp³-hybridized carbons (Fsp3) is 0.105. The predicted molar refractivity (Wildman–Crippen MR) is 94.6 cm³/mol. The van der Waals surface area contributed by atoms with E-state index < -0.39 is 11.8 Å². The molecule has 4 nitrogen and oxygen atoms in total. The summed E-state index contributed by atoms with van der Waals surface area (Å²) in [5.74, 6) is -0.201. The van der Waals surface area contributed by atoms with Crippen LogP contribution in [-0.4, -0.2) is 11.1 Å². The molecule has 0 unspecified atom stereocenters. The summed E-state index contributed by atoms with van der Waals surface area (Å²) < 4.78 is 19.0. The molecule has 0 aliphatic heterocycles. The van der Waals surface area contributed by atoms with Crippen LogP contribution < -0.4 is 5.32 Å². The van der Waals surface area contributed by atoms with Crippen molar-refractivity contribution >= 4 is 23.3 Å². The highest BCUT2D eigenvalue weighted by atomic mass is 35.5. The summed E-state index contributed by atoms with van der Waals surface area (Å²) in [6, 6.07) is 13.0. The average molecular weight is 360 g/mol. The number of rotatable bonds is 5. The number of aromatic carboxylic acids is 1. The van der Waals surface area contributed by atoms with E-state index in [0.29, 0.717) is 29.2 Å². The van der Waals surface area contributed by atoms with Crippen molar-refractivity contribution in [1.82, 2.24) is 0 Å². The lowest BCUT2D eigenvalue weighted by molar-refractivity contribution is 0.0696. The van der Waals surface area contributed by atoms with Crippen molar-refractivity contribution in [3.63, 3.8) is 0 Å². The molecule has 0 aliphatic carbocycles. The molecular weight excluding hydrogens is 345 g/mol. The van der Waals surface area contributed by atoms with Crippen LogP contribution in [0.5, 0.6) is 0 Å². The van der Waals surface area contributed by atoms with Gasteiger partial charge < -0.3 is 14.8 Å². The van der Waals surface area contributed by atoms with Crippen molar-refractivity contribution in [3.8, 4) is 11.3 Å². The molecule has 2 N–H and O–H groups in total. The number of hydrogen-bond acceptors (Lipinski definition) is 3. The van der Waals surface area contributed by atoms with E-state index in [-0.39, 0.29) is 10.6 Å². The molecular formula is C19H15ClFNO3. The lowest BCUT2D eigenvalue weighted by Crippen LogP contribution is -2.05. The predicted octanol–water partition coefficient (Wildman–Crippen LogP) is 5.36. The Kier molecular flexibility index (Phi) is 4.76. The summed E-state index contributed by atoms with van der Waals surface area (Å²) in [4.78, 5) is 11.2. The first kappa shape index (κ1) is 17.0. The Balaban J connectivity index is 1.75. The van der Waals surface area contributed by atoms with Crippen LogP contribution in [0.2, 0.25) is 5.02 Å². The van der Waals surface area contributed by atoms with Crippen LogP contribution in [0.1, 0.15) is 21.7 Å². The number of carboxylic acid groups (broad SMARTS) is 1. The molecule has 0 saturated carbocycles. The fourth-order valence-corrected chi connectivity index (χ4v) is 2.70. The highest BCUT2D eigenvalue weighted by molar-refractivity contribution is 6.31.